The lowest BCUT2D eigenvalue weighted by molar-refractivity contribution is -0.142. The molecule has 0 aliphatic heterocycles. The molecule has 0 aliphatic carbocycles. The minimum atomic E-state index is -4.64. The molecule has 2 aromatic rings. The van der Waals surface area contributed by atoms with Crippen molar-refractivity contribution in [3.8, 4) is 11.8 Å². The first kappa shape index (κ1) is 29.5. The van der Waals surface area contributed by atoms with Gasteiger partial charge in [-0.25, -0.2) is 4.79 Å². The standard InChI is InChI=1S/C26H30F3N3O5/c1-16(2)14-32-17(3)10-19(18(32)4)11-20(13-30)25(34)37-15-24(33)31-22-12-21(26(27,28)29)6-7-23(22)36-9-8-35-5/h6-7,10-12,16H,8-9,14-15H2,1-5H3,(H,31,33). The third-order valence-corrected chi connectivity index (χ3v) is 5.26. The van der Waals surface area contributed by atoms with Crippen molar-refractivity contribution in [2.24, 2.45) is 5.92 Å². The van der Waals surface area contributed by atoms with Crippen LogP contribution in [0.5, 0.6) is 5.75 Å². The normalized spacial score (nSPS) is 11.8. The van der Waals surface area contributed by atoms with E-state index in [4.69, 9.17) is 14.2 Å². The Morgan fingerprint density at radius 2 is 1.89 bits per heavy atom. The second kappa shape index (κ2) is 13.0. The van der Waals surface area contributed by atoms with Crippen LogP contribution in [0.15, 0.2) is 29.8 Å². The van der Waals surface area contributed by atoms with Crippen LogP contribution < -0.4 is 10.1 Å². The van der Waals surface area contributed by atoms with Gasteiger partial charge in [-0.15, -0.1) is 0 Å². The van der Waals surface area contributed by atoms with Gasteiger partial charge in [-0.3, -0.25) is 4.79 Å². The predicted molar refractivity (Wildman–Crippen MR) is 131 cm³/mol. The number of alkyl halides is 3. The van der Waals surface area contributed by atoms with E-state index in [9.17, 15) is 28.0 Å². The number of nitriles is 1. The third-order valence-electron chi connectivity index (χ3n) is 5.26. The van der Waals surface area contributed by atoms with Gasteiger partial charge in [0.25, 0.3) is 5.91 Å². The fourth-order valence-electron chi connectivity index (χ4n) is 3.47. The van der Waals surface area contributed by atoms with E-state index in [2.05, 4.69) is 23.7 Å². The number of carbonyl (C=O) groups excluding carboxylic acids is 2. The number of carbonyl (C=O) groups is 2. The van der Waals surface area contributed by atoms with Crippen molar-refractivity contribution in [2.75, 3.05) is 32.2 Å². The second-order valence-corrected chi connectivity index (χ2v) is 8.68. The molecule has 1 aromatic carbocycles. The zero-order valence-electron chi connectivity index (χ0n) is 21.4. The summed E-state index contributed by atoms with van der Waals surface area (Å²) in [5.74, 6) is -1.56. The number of hydrogen-bond acceptors (Lipinski definition) is 6. The summed E-state index contributed by atoms with van der Waals surface area (Å²) in [5, 5.41) is 11.7. The number of aromatic nitrogens is 1. The third kappa shape index (κ3) is 8.39. The van der Waals surface area contributed by atoms with E-state index in [-0.39, 0.29) is 30.2 Å². The minimum absolute atomic E-state index is 0.0147. The van der Waals surface area contributed by atoms with Crippen molar-refractivity contribution in [1.82, 2.24) is 4.57 Å². The molecular formula is C26H30F3N3O5. The Hall–Kier alpha value is -3.78. The number of ether oxygens (including phenoxy) is 3. The summed E-state index contributed by atoms with van der Waals surface area (Å²) in [6.07, 6.45) is -3.26. The molecule has 0 bridgehead atoms. The molecule has 1 aromatic heterocycles. The van der Waals surface area contributed by atoms with Crippen LogP contribution >= 0.6 is 0 Å². The van der Waals surface area contributed by atoms with E-state index in [0.717, 1.165) is 36.1 Å². The smallest absolute Gasteiger partial charge is 0.416 e. The number of aryl methyl sites for hydroxylation is 1. The Balaban J connectivity index is 2.13. The molecule has 0 unspecified atom stereocenters. The number of benzene rings is 1. The Kier molecular flexibility index (Phi) is 10.3. The van der Waals surface area contributed by atoms with Gasteiger partial charge in [0, 0.05) is 25.0 Å². The van der Waals surface area contributed by atoms with Crippen LogP contribution in [0.3, 0.4) is 0 Å². The molecule has 0 radical (unpaired) electrons. The number of hydrogen-bond donors (Lipinski definition) is 1. The molecule has 0 saturated heterocycles. The fraction of sp³-hybridized carbons (Fsp3) is 0.423. The van der Waals surface area contributed by atoms with Crippen LogP contribution in [0.25, 0.3) is 6.08 Å². The maximum absolute atomic E-state index is 13.1. The van der Waals surface area contributed by atoms with Crippen molar-refractivity contribution in [2.45, 2.75) is 40.4 Å². The Labute approximate surface area is 213 Å². The van der Waals surface area contributed by atoms with Gasteiger partial charge >= 0.3 is 12.1 Å². The topological polar surface area (TPSA) is 103 Å². The van der Waals surface area contributed by atoms with E-state index < -0.39 is 30.2 Å². The first-order chi connectivity index (χ1) is 17.4. The van der Waals surface area contributed by atoms with Crippen molar-refractivity contribution in [3.63, 3.8) is 0 Å². The molecule has 1 heterocycles. The van der Waals surface area contributed by atoms with Gasteiger partial charge in [0.2, 0.25) is 0 Å². The van der Waals surface area contributed by atoms with Crippen LogP contribution in [0, 0.1) is 31.1 Å². The average molecular weight is 522 g/mol. The summed E-state index contributed by atoms with van der Waals surface area (Å²) in [6.45, 7) is 8.10. The van der Waals surface area contributed by atoms with Crippen LogP contribution in [-0.4, -0.2) is 43.4 Å². The maximum Gasteiger partial charge on any atom is 0.416 e. The molecule has 0 saturated carbocycles. The Bertz CT molecular complexity index is 1190. The van der Waals surface area contributed by atoms with Gasteiger partial charge in [0.05, 0.1) is 17.9 Å². The second-order valence-electron chi connectivity index (χ2n) is 8.68. The lowest BCUT2D eigenvalue weighted by atomic mass is 10.1. The van der Waals surface area contributed by atoms with Crippen molar-refractivity contribution in [3.05, 3.63) is 52.4 Å². The summed E-state index contributed by atoms with van der Waals surface area (Å²) in [5.41, 5.74) is 0.935. The number of nitrogens with one attached hydrogen (secondary N) is 1. The van der Waals surface area contributed by atoms with Gasteiger partial charge in [-0.1, -0.05) is 13.8 Å². The van der Waals surface area contributed by atoms with Crippen molar-refractivity contribution < 1.29 is 37.0 Å². The van der Waals surface area contributed by atoms with Crippen LogP contribution in [0.2, 0.25) is 0 Å². The van der Waals surface area contributed by atoms with E-state index in [1.54, 1.807) is 6.07 Å². The molecule has 0 aliphatic rings. The van der Waals surface area contributed by atoms with Gasteiger partial charge in [-0.2, -0.15) is 18.4 Å². The fourth-order valence-corrected chi connectivity index (χ4v) is 3.47. The molecule has 37 heavy (non-hydrogen) atoms. The van der Waals surface area contributed by atoms with Gasteiger partial charge in [0.1, 0.15) is 24.0 Å². The first-order valence-corrected chi connectivity index (χ1v) is 11.5. The summed E-state index contributed by atoms with van der Waals surface area (Å²) < 4.78 is 56.7. The summed E-state index contributed by atoms with van der Waals surface area (Å²) in [6, 6.07) is 6.22. The molecule has 11 heteroatoms. The molecule has 0 spiro atoms. The number of methoxy groups -OCH3 is 1. The van der Waals surface area contributed by atoms with Crippen LogP contribution in [-0.2, 0) is 31.8 Å². The lowest BCUT2D eigenvalue weighted by Crippen LogP contribution is -2.22. The number of halogens is 3. The summed E-state index contributed by atoms with van der Waals surface area (Å²) >= 11 is 0. The highest BCUT2D eigenvalue weighted by atomic mass is 19.4. The monoisotopic (exact) mass is 521 g/mol. The highest BCUT2D eigenvalue weighted by Crippen LogP contribution is 2.35. The van der Waals surface area contributed by atoms with Crippen LogP contribution in [0.4, 0.5) is 18.9 Å². The van der Waals surface area contributed by atoms with E-state index >= 15 is 0 Å². The number of nitrogens with zero attached hydrogens (tertiary/aromatic N) is 2. The number of rotatable bonds is 11. The predicted octanol–water partition coefficient (Wildman–Crippen LogP) is 4.89. The van der Waals surface area contributed by atoms with Crippen molar-refractivity contribution in [1.29, 1.82) is 5.26 Å². The zero-order valence-corrected chi connectivity index (χ0v) is 21.4. The molecule has 2 rings (SSSR count). The molecule has 200 valence electrons. The highest BCUT2D eigenvalue weighted by Gasteiger charge is 2.31. The van der Waals surface area contributed by atoms with Gasteiger partial charge in [0.15, 0.2) is 6.61 Å². The summed E-state index contributed by atoms with van der Waals surface area (Å²) in [4.78, 5) is 24.8. The van der Waals surface area contributed by atoms with Gasteiger partial charge < -0.3 is 24.1 Å². The minimum Gasteiger partial charge on any atom is -0.489 e. The lowest BCUT2D eigenvalue weighted by Gasteiger charge is -2.15. The number of esters is 1. The van der Waals surface area contributed by atoms with Gasteiger partial charge in [-0.05, 0) is 55.7 Å². The van der Waals surface area contributed by atoms with E-state index in [0.29, 0.717) is 11.5 Å². The van der Waals surface area contributed by atoms with Crippen molar-refractivity contribution >= 4 is 23.6 Å². The largest absolute Gasteiger partial charge is 0.489 e. The molecule has 1 amide bonds. The highest BCUT2D eigenvalue weighted by molar-refractivity contribution is 6.00. The molecule has 0 atom stereocenters. The molecular weight excluding hydrogens is 491 g/mol. The average Bonchev–Trinajstić information content (AvgIpc) is 3.08. The molecule has 1 N–H and O–H groups in total. The van der Waals surface area contributed by atoms with E-state index in [1.807, 2.05) is 19.9 Å². The Morgan fingerprint density at radius 1 is 1.19 bits per heavy atom. The van der Waals surface area contributed by atoms with Crippen LogP contribution in [0.1, 0.15) is 36.4 Å². The SMILES string of the molecule is COCCOc1ccc(C(F)(F)F)cc1NC(=O)COC(=O)C(C#N)=Cc1cc(C)n(CC(C)C)c1C. The molecule has 0 fully saturated rings. The van der Waals surface area contributed by atoms with E-state index in [1.165, 1.54) is 13.2 Å². The number of anilines is 1. The first-order valence-electron chi connectivity index (χ1n) is 11.5. The Morgan fingerprint density at radius 3 is 2.49 bits per heavy atom. The molecule has 8 nitrogen and oxygen atoms in total. The summed E-state index contributed by atoms with van der Waals surface area (Å²) in [7, 11) is 1.43. The zero-order chi connectivity index (χ0) is 27.8. The maximum atomic E-state index is 13.1. The quantitative estimate of drug-likeness (QED) is 0.195. The number of amides is 1.